The van der Waals surface area contributed by atoms with Crippen LogP contribution in [-0.2, 0) is 19.1 Å². The molecule has 2 N–H and O–H groups in total. The van der Waals surface area contributed by atoms with Crippen LogP contribution in [0.2, 0.25) is 0 Å². The Hall–Kier alpha value is -1.66. The van der Waals surface area contributed by atoms with E-state index in [9.17, 15) is 9.59 Å². The molecule has 0 fully saturated rings. The highest BCUT2D eigenvalue weighted by Crippen LogP contribution is 2.14. The van der Waals surface area contributed by atoms with Crippen molar-refractivity contribution in [3.8, 4) is 0 Å². The van der Waals surface area contributed by atoms with Gasteiger partial charge in [0.05, 0.1) is 12.2 Å². The van der Waals surface area contributed by atoms with Gasteiger partial charge < -0.3 is 19.7 Å². The van der Waals surface area contributed by atoms with Crippen LogP contribution in [0, 0.1) is 0 Å². The maximum absolute atomic E-state index is 10.4. The van der Waals surface area contributed by atoms with Crippen LogP contribution in [0.5, 0.6) is 0 Å². The third kappa shape index (κ3) is 6.49. The summed E-state index contributed by atoms with van der Waals surface area (Å²) >= 11 is 0. The Morgan fingerprint density at radius 3 is 1.40 bits per heavy atom. The highest BCUT2D eigenvalue weighted by Gasteiger charge is 2.18. The minimum Gasteiger partial charge on any atom is -0.458 e. The predicted molar refractivity (Wildman–Crippen MR) is 70.6 cm³/mol. The van der Waals surface area contributed by atoms with E-state index in [4.69, 9.17) is 19.7 Å². The molecule has 0 saturated heterocycles. The molecule has 0 spiro atoms. The lowest BCUT2D eigenvalue weighted by Gasteiger charge is -2.07. The Bertz CT molecular complexity index is 362. The highest BCUT2D eigenvalue weighted by atomic mass is 16.5. The molecule has 112 valence electrons. The van der Waals surface area contributed by atoms with Crippen molar-refractivity contribution >= 4 is 11.9 Å². The van der Waals surface area contributed by atoms with Gasteiger partial charge in [0.15, 0.2) is 0 Å². The first-order chi connectivity index (χ1) is 9.36. The van der Waals surface area contributed by atoms with Crippen LogP contribution in [-0.4, -0.2) is 46.6 Å². The van der Waals surface area contributed by atoms with Gasteiger partial charge in [-0.25, -0.2) is 0 Å². The molecule has 6 nitrogen and oxygen atoms in total. The molecule has 2 rings (SSSR count). The molecule has 0 aliphatic heterocycles. The first kappa shape index (κ1) is 16.4. The van der Waals surface area contributed by atoms with E-state index in [0.717, 1.165) is 0 Å². The minimum atomic E-state index is -0.440. The molecular weight excluding hydrogens is 264 g/mol. The molecule has 0 amide bonds. The van der Waals surface area contributed by atoms with Crippen LogP contribution in [0.1, 0.15) is 26.7 Å². The Kier molecular flexibility index (Phi) is 6.41. The second kappa shape index (κ2) is 7.81. The van der Waals surface area contributed by atoms with Gasteiger partial charge in [0.1, 0.15) is 12.2 Å². The second-order valence-electron chi connectivity index (χ2n) is 4.67. The lowest BCUT2D eigenvalue weighted by molar-refractivity contribution is -0.145. The summed E-state index contributed by atoms with van der Waals surface area (Å²) in [6, 6.07) is 0. The summed E-state index contributed by atoms with van der Waals surface area (Å²) in [7, 11) is 0. The number of carbonyl (C=O) groups is 2. The zero-order valence-corrected chi connectivity index (χ0v) is 11.6. The molecule has 20 heavy (non-hydrogen) atoms. The van der Waals surface area contributed by atoms with E-state index in [2.05, 4.69) is 0 Å². The van der Waals surface area contributed by atoms with Gasteiger partial charge in [0.25, 0.3) is 0 Å². The van der Waals surface area contributed by atoms with Crippen LogP contribution in [0.25, 0.3) is 0 Å². The van der Waals surface area contributed by atoms with Gasteiger partial charge in [0.2, 0.25) is 0 Å². The molecule has 0 aromatic heterocycles. The van der Waals surface area contributed by atoms with Gasteiger partial charge >= 0.3 is 11.9 Å². The zero-order chi connectivity index (χ0) is 15.1. The third-order valence-corrected chi connectivity index (χ3v) is 2.68. The normalized spacial score (nSPS) is 30.6. The number of aliphatic hydroxyl groups is 2. The maximum atomic E-state index is 10.4. The third-order valence-electron chi connectivity index (χ3n) is 2.68. The average molecular weight is 284 g/mol. The molecule has 0 radical (unpaired) electrons. The minimum absolute atomic E-state index is 0.215. The molecule has 0 heterocycles. The first-order valence-electron chi connectivity index (χ1n) is 6.44. The van der Waals surface area contributed by atoms with Gasteiger partial charge in [0, 0.05) is 26.7 Å². The fourth-order valence-corrected chi connectivity index (χ4v) is 1.90. The summed E-state index contributed by atoms with van der Waals surface area (Å²) in [5.74, 6) is -0.604. The van der Waals surface area contributed by atoms with Crippen molar-refractivity contribution in [1.29, 1.82) is 0 Å². The number of ether oxygens (including phenoxy) is 2. The highest BCUT2D eigenvalue weighted by molar-refractivity contribution is 5.66. The predicted octanol–water partition coefficient (Wildman–Crippen LogP) is 0.478. The van der Waals surface area contributed by atoms with Crippen LogP contribution in [0.15, 0.2) is 24.3 Å². The summed E-state index contributed by atoms with van der Waals surface area (Å²) in [6.07, 6.45) is 6.35. The fraction of sp³-hybridized carbons (Fsp3) is 0.571. The topological polar surface area (TPSA) is 93.1 Å². The number of esters is 2. The van der Waals surface area contributed by atoms with Crippen molar-refractivity contribution in [1.82, 2.24) is 0 Å². The SMILES string of the molecule is CC(=O)O[C@@H]1C=C[C@H](O)C1.CC(=O)O[C@H]1C=C[C@@H](O)C1. The lowest BCUT2D eigenvalue weighted by Crippen LogP contribution is -2.13. The molecule has 0 bridgehead atoms. The molecule has 2 aliphatic carbocycles. The zero-order valence-electron chi connectivity index (χ0n) is 11.6. The van der Waals surface area contributed by atoms with E-state index in [-0.39, 0.29) is 24.1 Å². The lowest BCUT2D eigenvalue weighted by atomic mass is 10.3. The molecule has 0 unspecified atom stereocenters. The summed E-state index contributed by atoms with van der Waals surface area (Å²) in [6.45, 7) is 2.72. The molecule has 0 saturated carbocycles. The maximum Gasteiger partial charge on any atom is 0.303 e. The van der Waals surface area contributed by atoms with E-state index in [1.165, 1.54) is 13.8 Å². The van der Waals surface area contributed by atoms with E-state index in [0.29, 0.717) is 12.8 Å². The number of carbonyl (C=O) groups excluding carboxylic acids is 2. The van der Waals surface area contributed by atoms with Crippen molar-refractivity contribution < 1.29 is 29.3 Å². The summed E-state index contributed by atoms with van der Waals surface area (Å²) < 4.78 is 9.59. The number of hydrogen-bond acceptors (Lipinski definition) is 6. The second-order valence-corrected chi connectivity index (χ2v) is 4.67. The first-order valence-corrected chi connectivity index (χ1v) is 6.44. The number of hydrogen-bond donors (Lipinski definition) is 2. The standard InChI is InChI=1S/2C7H10O3/c2*1-5(8)10-7-3-2-6(9)4-7/h2*2-3,6-7,9H,4H2,1H3/t2*6-,7+/m10/s1. The molecule has 0 aromatic rings. The van der Waals surface area contributed by atoms with Crippen LogP contribution in [0.4, 0.5) is 0 Å². The van der Waals surface area contributed by atoms with Gasteiger partial charge in [-0.3, -0.25) is 9.59 Å². The smallest absolute Gasteiger partial charge is 0.303 e. The average Bonchev–Trinajstić information content (AvgIpc) is 2.87. The summed E-state index contributed by atoms with van der Waals surface area (Å²) in [5.41, 5.74) is 0. The summed E-state index contributed by atoms with van der Waals surface area (Å²) in [5, 5.41) is 17.9. The Balaban J connectivity index is 0.000000200. The van der Waals surface area contributed by atoms with Gasteiger partial charge in [-0.05, 0) is 12.2 Å². The molecule has 4 atom stereocenters. The van der Waals surface area contributed by atoms with E-state index >= 15 is 0 Å². The Morgan fingerprint density at radius 1 is 0.850 bits per heavy atom. The van der Waals surface area contributed by atoms with E-state index in [1.807, 2.05) is 0 Å². The van der Waals surface area contributed by atoms with Gasteiger partial charge in [-0.2, -0.15) is 0 Å². The molecule has 2 aliphatic rings. The van der Waals surface area contributed by atoms with Crippen molar-refractivity contribution in [2.75, 3.05) is 0 Å². The molecule has 6 heteroatoms. The van der Waals surface area contributed by atoms with Crippen molar-refractivity contribution in [2.24, 2.45) is 0 Å². The quantitative estimate of drug-likeness (QED) is 0.566. The van der Waals surface area contributed by atoms with Crippen molar-refractivity contribution in [3.05, 3.63) is 24.3 Å². The van der Waals surface area contributed by atoms with Crippen molar-refractivity contribution in [2.45, 2.75) is 51.1 Å². The number of rotatable bonds is 2. The fourth-order valence-electron chi connectivity index (χ4n) is 1.90. The number of aliphatic hydroxyl groups excluding tert-OH is 2. The monoisotopic (exact) mass is 284 g/mol. The van der Waals surface area contributed by atoms with Crippen LogP contribution < -0.4 is 0 Å². The largest absolute Gasteiger partial charge is 0.458 e. The Labute approximate surface area is 117 Å². The van der Waals surface area contributed by atoms with E-state index in [1.54, 1.807) is 24.3 Å². The van der Waals surface area contributed by atoms with E-state index < -0.39 is 12.2 Å². The Morgan fingerprint density at radius 2 is 1.20 bits per heavy atom. The van der Waals surface area contributed by atoms with Gasteiger partial charge in [-0.15, -0.1) is 0 Å². The summed E-state index contributed by atoms with van der Waals surface area (Å²) in [4.78, 5) is 20.7. The molecule has 0 aromatic carbocycles. The molecular formula is C14H20O6. The van der Waals surface area contributed by atoms with Crippen LogP contribution >= 0.6 is 0 Å². The van der Waals surface area contributed by atoms with Crippen LogP contribution in [0.3, 0.4) is 0 Å². The van der Waals surface area contributed by atoms with Gasteiger partial charge in [-0.1, -0.05) is 12.2 Å². The van der Waals surface area contributed by atoms with Crippen molar-refractivity contribution in [3.63, 3.8) is 0 Å².